The van der Waals surface area contributed by atoms with Crippen LogP contribution in [0.3, 0.4) is 0 Å². The van der Waals surface area contributed by atoms with E-state index in [-0.39, 0.29) is 11.2 Å². The van der Waals surface area contributed by atoms with Crippen LogP contribution in [0, 0.1) is 0 Å². The minimum absolute atomic E-state index is 0.0360. The van der Waals surface area contributed by atoms with Crippen molar-refractivity contribution in [2.24, 2.45) is 0 Å². The van der Waals surface area contributed by atoms with Crippen LogP contribution in [0.15, 0.2) is 53.7 Å². The highest BCUT2D eigenvalue weighted by molar-refractivity contribution is 8.00. The molecule has 0 aliphatic heterocycles. The van der Waals surface area contributed by atoms with E-state index in [0.29, 0.717) is 17.6 Å². The zero-order valence-corrected chi connectivity index (χ0v) is 19.8. The maximum atomic E-state index is 12.8. The van der Waals surface area contributed by atoms with Gasteiger partial charge in [0.25, 0.3) is 0 Å². The summed E-state index contributed by atoms with van der Waals surface area (Å²) < 4.78 is 7.37. The third-order valence-corrected chi connectivity index (χ3v) is 7.13. The first kappa shape index (κ1) is 22.7. The van der Waals surface area contributed by atoms with Gasteiger partial charge >= 0.3 is 0 Å². The number of amides is 1. The Morgan fingerprint density at radius 3 is 2.59 bits per heavy atom. The van der Waals surface area contributed by atoms with E-state index >= 15 is 0 Å². The molecular weight excluding hydrogens is 444 g/mol. The number of hydrogen-bond donors (Lipinski definition) is 1. The van der Waals surface area contributed by atoms with Gasteiger partial charge in [-0.1, -0.05) is 60.5 Å². The predicted octanol–water partition coefficient (Wildman–Crippen LogP) is 5.52. The lowest BCUT2D eigenvalue weighted by Gasteiger charge is -2.19. The lowest BCUT2D eigenvalue weighted by molar-refractivity contribution is -0.120. The summed E-state index contributed by atoms with van der Waals surface area (Å²) in [7, 11) is 1.64. The molecule has 1 saturated carbocycles. The minimum Gasteiger partial charge on any atom is -0.497 e. The number of ether oxygens (including phenoxy) is 1. The second-order valence-corrected chi connectivity index (χ2v) is 9.64. The Kier molecular flexibility index (Phi) is 7.37. The monoisotopic (exact) mass is 470 g/mol. The third-order valence-electron chi connectivity index (χ3n) is 5.75. The van der Waals surface area contributed by atoms with Crippen LogP contribution in [0.1, 0.15) is 44.2 Å². The highest BCUT2D eigenvalue weighted by Gasteiger charge is 2.27. The van der Waals surface area contributed by atoms with Gasteiger partial charge in [-0.15, -0.1) is 10.2 Å². The lowest BCUT2D eigenvalue weighted by Crippen LogP contribution is -2.30. The van der Waals surface area contributed by atoms with E-state index < -0.39 is 0 Å². The second kappa shape index (κ2) is 10.4. The van der Waals surface area contributed by atoms with Crippen LogP contribution in [0.4, 0.5) is 0 Å². The molecule has 4 rings (SSSR count). The van der Waals surface area contributed by atoms with Gasteiger partial charge in [0.05, 0.1) is 17.4 Å². The average Bonchev–Trinajstić information content (AvgIpc) is 3.48. The Morgan fingerprint density at radius 2 is 1.91 bits per heavy atom. The van der Waals surface area contributed by atoms with Gasteiger partial charge in [0.2, 0.25) is 5.91 Å². The van der Waals surface area contributed by atoms with Gasteiger partial charge in [0.15, 0.2) is 11.0 Å². The van der Waals surface area contributed by atoms with Crippen molar-refractivity contribution in [1.82, 2.24) is 20.1 Å². The quantitative estimate of drug-likeness (QED) is 0.439. The molecule has 1 aliphatic carbocycles. The Morgan fingerprint density at radius 1 is 1.19 bits per heavy atom. The van der Waals surface area contributed by atoms with Crippen molar-refractivity contribution in [1.29, 1.82) is 0 Å². The number of halogens is 1. The summed E-state index contributed by atoms with van der Waals surface area (Å²) in [5.74, 6) is 1.53. The molecule has 6 nitrogen and oxygen atoms in total. The number of rotatable bonds is 8. The molecule has 0 saturated heterocycles. The molecule has 0 bridgehead atoms. The van der Waals surface area contributed by atoms with Gasteiger partial charge in [-0.05, 0) is 49.6 Å². The predicted molar refractivity (Wildman–Crippen MR) is 128 cm³/mol. The van der Waals surface area contributed by atoms with Crippen molar-refractivity contribution in [3.05, 3.63) is 59.1 Å². The van der Waals surface area contributed by atoms with Crippen LogP contribution in [0.5, 0.6) is 5.75 Å². The fourth-order valence-corrected chi connectivity index (χ4v) is 5.13. The molecule has 1 aromatic heterocycles. The van der Waals surface area contributed by atoms with Crippen LogP contribution >= 0.6 is 23.4 Å². The van der Waals surface area contributed by atoms with E-state index in [9.17, 15) is 4.79 Å². The summed E-state index contributed by atoms with van der Waals surface area (Å²) >= 11 is 7.90. The number of carbonyl (C=O) groups excluding carboxylic acids is 1. The number of nitrogens with zero attached hydrogens (tertiary/aromatic N) is 3. The number of thioether (sulfide) groups is 1. The van der Waals surface area contributed by atoms with Gasteiger partial charge in [-0.2, -0.15) is 0 Å². The Bertz CT molecular complexity index is 1060. The maximum absolute atomic E-state index is 12.8. The smallest absolute Gasteiger partial charge is 0.233 e. The molecule has 32 heavy (non-hydrogen) atoms. The van der Waals surface area contributed by atoms with Crippen LogP contribution in [0.2, 0.25) is 5.02 Å². The van der Waals surface area contributed by atoms with Crippen LogP contribution in [-0.4, -0.2) is 33.0 Å². The van der Waals surface area contributed by atoms with Gasteiger partial charge in [-0.25, -0.2) is 0 Å². The highest BCUT2D eigenvalue weighted by atomic mass is 35.5. The fourth-order valence-electron chi connectivity index (χ4n) is 3.96. The highest BCUT2D eigenvalue weighted by Crippen LogP contribution is 2.39. The van der Waals surface area contributed by atoms with Gasteiger partial charge in [-0.3, -0.25) is 9.36 Å². The summed E-state index contributed by atoms with van der Waals surface area (Å²) in [5.41, 5.74) is 1.89. The molecule has 1 amide bonds. The first-order chi connectivity index (χ1) is 15.6. The molecule has 1 fully saturated rings. The van der Waals surface area contributed by atoms with Crippen molar-refractivity contribution >= 4 is 29.3 Å². The van der Waals surface area contributed by atoms with E-state index in [0.717, 1.165) is 40.7 Å². The molecule has 1 atom stereocenters. The zero-order chi connectivity index (χ0) is 22.5. The molecule has 0 unspecified atom stereocenters. The fraction of sp³-hybridized carbons (Fsp3) is 0.375. The van der Waals surface area contributed by atoms with E-state index in [1.54, 1.807) is 7.11 Å². The van der Waals surface area contributed by atoms with Crippen molar-refractivity contribution in [3.8, 4) is 17.1 Å². The van der Waals surface area contributed by atoms with Crippen LogP contribution in [-0.2, 0) is 11.3 Å². The van der Waals surface area contributed by atoms with Crippen molar-refractivity contribution in [3.63, 3.8) is 0 Å². The molecule has 1 heterocycles. The number of carbonyl (C=O) groups is 1. The largest absolute Gasteiger partial charge is 0.497 e. The molecule has 0 spiro atoms. The van der Waals surface area contributed by atoms with E-state index in [1.165, 1.54) is 24.6 Å². The number of methoxy groups -OCH3 is 1. The SMILES string of the molecule is COc1ccc(CNC(=O)[C@@H](C)Sc2nnc(-c3ccccc3Cl)n2C2CCCC2)cc1. The second-order valence-electron chi connectivity index (χ2n) is 7.92. The number of hydrogen-bond acceptors (Lipinski definition) is 5. The van der Waals surface area contributed by atoms with Gasteiger partial charge in [0.1, 0.15) is 5.75 Å². The molecule has 3 aromatic rings. The Labute approximate surface area is 197 Å². The molecule has 168 valence electrons. The molecule has 0 radical (unpaired) electrons. The number of nitrogens with one attached hydrogen (secondary N) is 1. The van der Waals surface area contributed by atoms with Crippen molar-refractivity contribution in [2.75, 3.05) is 7.11 Å². The summed E-state index contributed by atoms with van der Waals surface area (Å²) in [6, 6.07) is 15.7. The molecule has 1 N–H and O–H groups in total. The summed E-state index contributed by atoms with van der Waals surface area (Å²) in [6.45, 7) is 2.37. The average molecular weight is 471 g/mol. The normalized spacial score (nSPS) is 15.0. The summed E-state index contributed by atoms with van der Waals surface area (Å²) in [5, 5.41) is 13.1. The number of aromatic nitrogens is 3. The van der Waals surface area contributed by atoms with E-state index in [4.69, 9.17) is 16.3 Å². The summed E-state index contributed by atoms with van der Waals surface area (Å²) in [6.07, 6.45) is 4.54. The minimum atomic E-state index is -0.309. The van der Waals surface area contributed by atoms with Crippen LogP contribution < -0.4 is 10.1 Å². The van der Waals surface area contributed by atoms with Crippen LogP contribution in [0.25, 0.3) is 11.4 Å². The standard InChI is InChI=1S/C24H27ClN4O2S/c1-16(23(30)26-15-17-11-13-19(31-2)14-12-17)32-24-28-27-22(20-9-5-6-10-21(20)25)29(24)18-7-3-4-8-18/h5-6,9-14,16,18H,3-4,7-8,15H2,1-2H3,(H,26,30)/t16-/m1/s1. The van der Waals surface area contributed by atoms with Crippen molar-refractivity contribution < 1.29 is 9.53 Å². The Balaban J connectivity index is 1.49. The molecule has 2 aromatic carbocycles. The number of benzene rings is 2. The lowest BCUT2D eigenvalue weighted by atomic mass is 10.2. The summed E-state index contributed by atoms with van der Waals surface area (Å²) in [4.78, 5) is 12.8. The Hall–Kier alpha value is -2.51. The molecular formula is C24H27ClN4O2S. The zero-order valence-electron chi connectivity index (χ0n) is 18.3. The maximum Gasteiger partial charge on any atom is 0.233 e. The molecule has 1 aliphatic rings. The first-order valence-corrected chi connectivity index (χ1v) is 12.1. The van der Waals surface area contributed by atoms with Crippen molar-refractivity contribution in [2.45, 2.75) is 55.6 Å². The third kappa shape index (κ3) is 5.10. The van der Waals surface area contributed by atoms with Gasteiger partial charge in [0, 0.05) is 18.2 Å². The first-order valence-electron chi connectivity index (χ1n) is 10.8. The van der Waals surface area contributed by atoms with E-state index in [2.05, 4.69) is 20.1 Å². The van der Waals surface area contributed by atoms with Gasteiger partial charge < -0.3 is 10.1 Å². The topological polar surface area (TPSA) is 69.0 Å². The van der Waals surface area contributed by atoms with E-state index in [1.807, 2.05) is 55.5 Å². The molecule has 8 heteroatoms.